The predicted octanol–water partition coefficient (Wildman–Crippen LogP) is 4.19. The van der Waals surface area contributed by atoms with Crippen LogP contribution in [0, 0.1) is 16.3 Å². The summed E-state index contributed by atoms with van der Waals surface area (Å²) < 4.78 is 13.8. The second-order valence-electron chi connectivity index (χ2n) is 3.90. The summed E-state index contributed by atoms with van der Waals surface area (Å²) in [7, 11) is 0. The van der Waals surface area contributed by atoms with E-state index < -0.39 is 0 Å². The number of nitrogens with zero attached hydrogens (tertiary/aromatic N) is 1. The molecule has 0 saturated heterocycles. The number of aryl methyl sites for hydroxylation is 1. The van der Waals surface area contributed by atoms with Crippen molar-refractivity contribution in [1.29, 1.82) is 0 Å². The van der Waals surface area contributed by atoms with E-state index in [1.165, 1.54) is 6.07 Å². The van der Waals surface area contributed by atoms with E-state index in [1.54, 1.807) is 37.4 Å². The second-order valence-corrected chi connectivity index (χ2v) is 5.06. The van der Waals surface area contributed by atoms with E-state index in [1.807, 2.05) is 6.07 Å². The predicted molar refractivity (Wildman–Crippen MR) is 79.2 cm³/mol. The van der Waals surface area contributed by atoms with Gasteiger partial charge in [0.15, 0.2) is 0 Å². The molecule has 2 nitrogen and oxygen atoms in total. The number of halogens is 2. The smallest absolute Gasteiger partial charge is 0.128 e. The summed E-state index contributed by atoms with van der Waals surface area (Å²) in [5.41, 5.74) is 2.17. The average molecular weight is 355 g/mol. The van der Waals surface area contributed by atoms with Gasteiger partial charge in [0.25, 0.3) is 0 Å². The normalized spacial score (nSPS) is 11.1. The van der Waals surface area contributed by atoms with Gasteiger partial charge in [-0.3, -0.25) is 4.99 Å². The molecule has 0 bridgehead atoms. The van der Waals surface area contributed by atoms with Crippen molar-refractivity contribution in [2.24, 2.45) is 4.99 Å². The zero-order valence-corrected chi connectivity index (χ0v) is 11.8. The lowest BCUT2D eigenvalue weighted by atomic mass is 10.2. The minimum Gasteiger partial charge on any atom is -0.507 e. The molecular weight excluding hydrogens is 344 g/mol. The van der Waals surface area contributed by atoms with E-state index in [0.717, 1.165) is 9.13 Å². The first-order valence-corrected chi connectivity index (χ1v) is 6.43. The molecule has 0 atom stereocenters. The zero-order valence-electron chi connectivity index (χ0n) is 9.69. The van der Waals surface area contributed by atoms with E-state index in [4.69, 9.17) is 0 Å². The van der Waals surface area contributed by atoms with Gasteiger partial charge in [-0.2, -0.15) is 0 Å². The first-order valence-electron chi connectivity index (χ1n) is 5.35. The summed E-state index contributed by atoms with van der Waals surface area (Å²) in [6.45, 7) is 1.71. The second kappa shape index (κ2) is 5.48. The average Bonchev–Trinajstić information content (AvgIpc) is 2.35. The Bertz CT molecular complexity index is 557. The van der Waals surface area contributed by atoms with Crippen LogP contribution in [0.3, 0.4) is 0 Å². The zero-order chi connectivity index (χ0) is 13.1. The molecule has 18 heavy (non-hydrogen) atoms. The molecule has 0 saturated carbocycles. The van der Waals surface area contributed by atoms with Crippen LogP contribution in [-0.4, -0.2) is 11.3 Å². The summed E-state index contributed by atoms with van der Waals surface area (Å²) in [5.74, 6) is 0.0264. The van der Waals surface area contributed by atoms with Gasteiger partial charge in [-0.25, -0.2) is 4.39 Å². The number of aliphatic imine (C=N–C) groups is 1. The SMILES string of the molecule is Cc1cc(N=Cc2ccc(O)c(I)c2)ccc1F. The fourth-order valence-corrected chi connectivity index (χ4v) is 2.00. The molecule has 4 heteroatoms. The molecule has 92 valence electrons. The van der Waals surface area contributed by atoms with Crippen molar-refractivity contribution < 1.29 is 9.50 Å². The van der Waals surface area contributed by atoms with E-state index >= 15 is 0 Å². The number of phenols is 1. The van der Waals surface area contributed by atoms with Gasteiger partial charge >= 0.3 is 0 Å². The van der Waals surface area contributed by atoms with Crippen LogP contribution in [0.15, 0.2) is 41.4 Å². The molecule has 0 amide bonds. The lowest BCUT2D eigenvalue weighted by Gasteiger charge is -1.99. The first kappa shape index (κ1) is 13.0. The van der Waals surface area contributed by atoms with Gasteiger partial charge in [-0.05, 0) is 77.0 Å². The van der Waals surface area contributed by atoms with Gasteiger partial charge in [-0.1, -0.05) is 0 Å². The van der Waals surface area contributed by atoms with E-state index in [0.29, 0.717) is 11.3 Å². The van der Waals surface area contributed by atoms with Crippen LogP contribution < -0.4 is 0 Å². The monoisotopic (exact) mass is 355 g/mol. The Labute approximate surface area is 118 Å². The summed E-state index contributed by atoms with van der Waals surface area (Å²) >= 11 is 2.05. The Balaban J connectivity index is 2.24. The van der Waals surface area contributed by atoms with Crippen LogP contribution in [0.5, 0.6) is 5.75 Å². The van der Waals surface area contributed by atoms with Crippen molar-refractivity contribution in [2.45, 2.75) is 6.92 Å². The highest BCUT2D eigenvalue weighted by atomic mass is 127. The van der Waals surface area contributed by atoms with Crippen molar-refractivity contribution in [1.82, 2.24) is 0 Å². The van der Waals surface area contributed by atoms with E-state index in [-0.39, 0.29) is 11.6 Å². The largest absolute Gasteiger partial charge is 0.507 e. The van der Waals surface area contributed by atoms with Gasteiger partial charge in [0.1, 0.15) is 11.6 Å². The van der Waals surface area contributed by atoms with E-state index in [2.05, 4.69) is 27.6 Å². The number of benzene rings is 2. The number of phenolic OH excluding ortho intramolecular Hbond substituents is 1. The fourth-order valence-electron chi connectivity index (χ4n) is 1.46. The van der Waals surface area contributed by atoms with Crippen molar-refractivity contribution in [3.05, 3.63) is 56.9 Å². The minimum atomic E-state index is -0.229. The third-order valence-electron chi connectivity index (χ3n) is 2.48. The van der Waals surface area contributed by atoms with Crippen molar-refractivity contribution in [2.75, 3.05) is 0 Å². The van der Waals surface area contributed by atoms with Gasteiger partial charge < -0.3 is 5.11 Å². The van der Waals surface area contributed by atoms with Gasteiger partial charge in [0, 0.05) is 6.21 Å². The lowest BCUT2D eigenvalue weighted by molar-refractivity contribution is 0.471. The van der Waals surface area contributed by atoms with Crippen LogP contribution >= 0.6 is 22.6 Å². The molecule has 0 aliphatic heterocycles. The minimum absolute atomic E-state index is 0.229. The Morgan fingerprint density at radius 3 is 2.67 bits per heavy atom. The topological polar surface area (TPSA) is 32.6 Å². The molecule has 0 heterocycles. The molecule has 0 aromatic heterocycles. The molecule has 0 aliphatic rings. The molecular formula is C14H11FINO. The van der Waals surface area contributed by atoms with Gasteiger partial charge in [0.05, 0.1) is 9.26 Å². The first-order chi connectivity index (χ1) is 8.56. The van der Waals surface area contributed by atoms with Crippen LogP contribution in [0.4, 0.5) is 10.1 Å². The Kier molecular flexibility index (Phi) is 3.96. The van der Waals surface area contributed by atoms with Gasteiger partial charge in [-0.15, -0.1) is 0 Å². The number of rotatable bonds is 2. The van der Waals surface area contributed by atoms with Crippen molar-refractivity contribution in [3.8, 4) is 5.75 Å². The number of aromatic hydroxyl groups is 1. The summed E-state index contributed by atoms with van der Waals surface area (Å²) in [4.78, 5) is 4.27. The lowest BCUT2D eigenvalue weighted by Crippen LogP contribution is -1.84. The molecule has 0 spiro atoms. The third-order valence-corrected chi connectivity index (χ3v) is 3.34. The summed E-state index contributed by atoms with van der Waals surface area (Å²) in [6.07, 6.45) is 1.69. The molecule has 2 rings (SSSR count). The van der Waals surface area contributed by atoms with Crippen LogP contribution in [0.2, 0.25) is 0 Å². The molecule has 1 N–H and O–H groups in total. The standard InChI is InChI=1S/C14H11FINO/c1-9-6-11(3-4-12(9)15)17-8-10-2-5-14(18)13(16)7-10/h2-8,18H,1H3. The van der Waals surface area contributed by atoms with Crippen molar-refractivity contribution in [3.63, 3.8) is 0 Å². The fraction of sp³-hybridized carbons (Fsp3) is 0.0714. The molecule has 0 unspecified atom stereocenters. The molecule has 0 radical (unpaired) electrons. The quantitative estimate of drug-likeness (QED) is 0.636. The van der Waals surface area contributed by atoms with Gasteiger partial charge in [0.2, 0.25) is 0 Å². The number of hydrogen-bond acceptors (Lipinski definition) is 2. The third kappa shape index (κ3) is 3.07. The highest BCUT2D eigenvalue weighted by molar-refractivity contribution is 14.1. The maximum atomic E-state index is 13.1. The Morgan fingerprint density at radius 2 is 2.00 bits per heavy atom. The van der Waals surface area contributed by atoms with Crippen LogP contribution in [-0.2, 0) is 0 Å². The maximum Gasteiger partial charge on any atom is 0.128 e. The van der Waals surface area contributed by atoms with Crippen LogP contribution in [0.25, 0.3) is 0 Å². The number of hydrogen-bond donors (Lipinski definition) is 1. The Hall–Kier alpha value is -1.43. The summed E-state index contributed by atoms with van der Waals surface area (Å²) in [5, 5.41) is 9.40. The molecule has 0 aliphatic carbocycles. The molecule has 2 aromatic carbocycles. The van der Waals surface area contributed by atoms with E-state index in [9.17, 15) is 9.50 Å². The molecule has 2 aromatic rings. The molecule has 0 fully saturated rings. The Morgan fingerprint density at radius 1 is 1.22 bits per heavy atom. The summed E-state index contributed by atoms with van der Waals surface area (Å²) in [6, 6.07) is 9.95. The highest BCUT2D eigenvalue weighted by Gasteiger charge is 1.99. The van der Waals surface area contributed by atoms with Crippen LogP contribution in [0.1, 0.15) is 11.1 Å². The van der Waals surface area contributed by atoms with Crippen molar-refractivity contribution >= 4 is 34.5 Å². The maximum absolute atomic E-state index is 13.1. The highest BCUT2D eigenvalue weighted by Crippen LogP contribution is 2.20.